The lowest BCUT2D eigenvalue weighted by Crippen LogP contribution is -2.32. The van der Waals surface area contributed by atoms with Crippen molar-refractivity contribution in [1.29, 1.82) is 0 Å². The molecule has 0 unspecified atom stereocenters. The molecular formula is C11H16NPSi. The second-order valence-electron chi connectivity index (χ2n) is 4.65. The number of rotatable bonds is 1. The van der Waals surface area contributed by atoms with E-state index >= 15 is 0 Å². The van der Waals surface area contributed by atoms with E-state index in [0.29, 0.717) is 0 Å². The van der Waals surface area contributed by atoms with Gasteiger partial charge in [-0.3, -0.25) is 0 Å². The molecule has 0 aliphatic rings. The van der Waals surface area contributed by atoms with Crippen LogP contribution in [0.3, 0.4) is 0 Å². The van der Waals surface area contributed by atoms with E-state index in [1.54, 1.807) is 0 Å². The first-order valence-electron chi connectivity index (χ1n) is 4.95. The van der Waals surface area contributed by atoms with Gasteiger partial charge in [0, 0.05) is 16.1 Å². The van der Waals surface area contributed by atoms with Gasteiger partial charge in [0.25, 0.3) is 0 Å². The van der Waals surface area contributed by atoms with Gasteiger partial charge in [-0.05, 0) is 27.2 Å². The first kappa shape index (κ1) is 9.94. The second kappa shape index (κ2) is 3.22. The molecule has 14 heavy (non-hydrogen) atoms. The highest BCUT2D eigenvalue weighted by atomic mass is 31.0. The SMILES string of the molecule is Cc1pc2ccccc2n1[Si](C)(C)C. The van der Waals surface area contributed by atoms with Gasteiger partial charge in [0.1, 0.15) is 0 Å². The third-order valence-electron chi connectivity index (χ3n) is 2.40. The number of aryl methyl sites for hydroxylation is 1. The van der Waals surface area contributed by atoms with Crippen molar-refractivity contribution in [2.75, 3.05) is 0 Å². The fourth-order valence-electron chi connectivity index (χ4n) is 1.99. The molecule has 1 aromatic heterocycles. The van der Waals surface area contributed by atoms with E-state index in [2.05, 4.69) is 55.1 Å². The number of benzene rings is 1. The molecule has 0 amide bonds. The van der Waals surface area contributed by atoms with E-state index in [0.717, 1.165) is 0 Å². The number of fused-ring (bicyclic) bond motifs is 1. The van der Waals surface area contributed by atoms with Crippen molar-refractivity contribution in [3.05, 3.63) is 29.7 Å². The number of aromatic nitrogens is 1. The molecule has 0 saturated heterocycles. The fraction of sp³-hybridized carbons (Fsp3) is 0.364. The van der Waals surface area contributed by atoms with Crippen LogP contribution in [0.1, 0.15) is 5.43 Å². The number of para-hydroxylation sites is 1. The van der Waals surface area contributed by atoms with Crippen LogP contribution < -0.4 is 0 Å². The van der Waals surface area contributed by atoms with Crippen LogP contribution in [0.5, 0.6) is 0 Å². The highest BCUT2D eigenvalue weighted by Crippen LogP contribution is 2.32. The van der Waals surface area contributed by atoms with Crippen LogP contribution in [0.25, 0.3) is 10.6 Å². The van der Waals surface area contributed by atoms with Crippen molar-refractivity contribution in [3.8, 4) is 0 Å². The summed E-state index contributed by atoms with van der Waals surface area (Å²) < 4.78 is 2.57. The van der Waals surface area contributed by atoms with Gasteiger partial charge in [-0.15, -0.1) is 0 Å². The molecule has 0 spiro atoms. The third kappa shape index (κ3) is 1.53. The van der Waals surface area contributed by atoms with Gasteiger partial charge in [0.2, 0.25) is 0 Å². The van der Waals surface area contributed by atoms with Crippen LogP contribution in [-0.2, 0) is 0 Å². The molecule has 1 heterocycles. The normalized spacial score (nSPS) is 12.9. The average Bonchev–Trinajstić information content (AvgIpc) is 2.38. The predicted molar refractivity (Wildman–Crippen MR) is 67.9 cm³/mol. The lowest BCUT2D eigenvalue weighted by atomic mass is 10.3. The molecule has 0 N–H and O–H groups in total. The van der Waals surface area contributed by atoms with Crippen molar-refractivity contribution in [2.45, 2.75) is 26.6 Å². The van der Waals surface area contributed by atoms with Crippen LogP contribution in [0.4, 0.5) is 0 Å². The van der Waals surface area contributed by atoms with Gasteiger partial charge in [-0.2, -0.15) is 0 Å². The topological polar surface area (TPSA) is 4.93 Å². The van der Waals surface area contributed by atoms with Gasteiger partial charge in [0.05, 0.1) is 0 Å². The van der Waals surface area contributed by atoms with E-state index < -0.39 is 8.24 Å². The average molecular weight is 221 g/mol. The largest absolute Gasteiger partial charge is 0.369 e. The Morgan fingerprint density at radius 1 is 1.14 bits per heavy atom. The van der Waals surface area contributed by atoms with Gasteiger partial charge in [-0.25, -0.2) is 0 Å². The standard InChI is InChI=1S/C11H16NPSi/c1-9-12(14(2,3)4)10-7-5-6-8-11(10)13-9/h5-8H,1-4H3. The van der Waals surface area contributed by atoms with E-state index in [1.807, 2.05) is 0 Å². The first-order valence-corrected chi connectivity index (χ1v) is 9.29. The molecule has 1 nitrogen and oxygen atoms in total. The summed E-state index contributed by atoms with van der Waals surface area (Å²) in [6, 6.07) is 8.75. The maximum atomic E-state index is 2.57. The summed E-state index contributed by atoms with van der Waals surface area (Å²) in [5.41, 5.74) is 2.93. The summed E-state index contributed by atoms with van der Waals surface area (Å²) in [6.45, 7) is 9.44. The van der Waals surface area contributed by atoms with Gasteiger partial charge in [-0.1, -0.05) is 31.8 Å². The zero-order valence-electron chi connectivity index (χ0n) is 9.20. The van der Waals surface area contributed by atoms with Crippen LogP contribution in [0, 0.1) is 6.92 Å². The van der Waals surface area contributed by atoms with Crippen molar-refractivity contribution < 1.29 is 0 Å². The Morgan fingerprint density at radius 2 is 1.79 bits per heavy atom. The lowest BCUT2D eigenvalue weighted by Gasteiger charge is -2.22. The lowest BCUT2D eigenvalue weighted by molar-refractivity contribution is 1.14. The van der Waals surface area contributed by atoms with Crippen molar-refractivity contribution in [3.63, 3.8) is 0 Å². The molecule has 0 bridgehead atoms. The van der Waals surface area contributed by atoms with E-state index in [1.165, 1.54) is 24.3 Å². The summed E-state index contributed by atoms with van der Waals surface area (Å²) in [7, 11) is 0.145. The summed E-state index contributed by atoms with van der Waals surface area (Å²) in [4.78, 5) is 0. The molecule has 2 rings (SSSR count). The zero-order chi connectivity index (χ0) is 10.3. The van der Waals surface area contributed by atoms with Crippen LogP contribution in [-0.4, -0.2) is 12.5 Å². The van der Waals surface area contributed by atoms with E-state index in [9.17, 15) is 0 Å². The second-order valence-corrected chi connectivity index (χ2v) is 10.8. The van der Waals surface area contributed by atoms with Crippen LogP contribution in [0.15, 0.2) is 24.3 Å². The highest BCUT2D eigenvalue weighted by Gasteiger charge is 2.20. The van der Waals surface area contributed by atoms with Crippen LogP contribution in [0.2, 0.25) is 19.6 Å². The van der Waals surface area contributed by atoms with Crippen LogP contribution >= 0.6 is 8.19 Å². The smallest absolute Gasteiger partial charge is 0.153 e. The highest BCUT2D eigenvalue weighted by molar-refractivity contribution is 7.38. The summed E-state index contributed by atoms with van der Waals surface area (Å²) >= 11 is 0. The third-order valence-corrected chi connectivity index (χ3v) is 5.65. The maximum absolute atomic E-state index is 2.57. The molecule has 74 valence electrons. The van der Waals surface area contributed by atoms with Gasteiger partial charge >= 0.3 is 0 Å². The molecule has 0 fully saturated rings. The molecule has 0 atom stereocenters. The van der Waals surface area contributed by atoms with Crippen molar-refractivity contribution in [1.82, 2.24) is 4.23 Å². The molecule has 2 aromatic rings. The predicted octanol–water partition coefficient (Wildman–Crippen LogP) is 4.21. The monoisotopic (exact) mass is 221 g/mol. The molecule has 1 aromatic carbocycles. The molecule has 3 heteroatoms. The summed E-state index contributed by atoms with van der Waals surface area (Å²) in [5, 5.41) is 1.47. The summed E-state index contributed by atoms with van der Waals surface area (Å²) in [5.74, 6) is 0. The molecule has 0 aliphatic heterocycles. The minimum absolute atomic E-state index is 1.25. The first-order chi connectivity index (χ1) is 6.50. The Morgan fingerprint density at radius 3 is 2.43 bits per heavy atom. The minimum atomic E-state index is -1.25. The Hall–Kier alpha value is -0.593. The molecule has 0 aliphatic carbocycles. The quantitative estimate of drug-likeness (QED) is 0.636. The Bertz CT molecular complexity index is 468. The minimum Gasteiger partial charge on any atom is -0.369 e. The maximum Gasteiger partial charge on any atom is 0.153 e. The fourth-order valence-corrected chi connectivity index (χ4v) is 6.03. The number of nitrogens with zero attached hydrogens (tertiary/aromatic N) is 1. The molecule has 0 radical (unpaired) electrons. The van der Waals surface area contributed by atoms with Crippen molar-refractivity contribution >= 4 is 27.1 Å². The Balaban J connectivity index is 2.81. The van der Waals surface area contributed by atoms with E-state index in [4.69, 9.17) is 0 Å². The summed E-state index contributed by atoms with van der Waals surface area (Å²) in [6.07, 6.45) is 0. The molecular weight excluding hydrogens is 205 g/mol. The Labute approximate surface area is 88.0 Å². The molecule has 0 saturated carbocycles. The number of hydrogen-bond acceptors (Lipinski definition) is 0. The van der Waals surface area contributed by atoms with Gasteiger partial charge in [0.15, 0.2) is 8.24 Å². The zero-order valence-corrected chi connectivity index (χ0v) is 11.1. The van der Waals surface area contributed by atoms with Crippen molar-refractivity contribution in [2.24, 2.45) is 0 Å². The number of hydrogen-bond donors (Lipinski definition) is 0. The Kier molecular flexibility index (Phi) is 2.28. The van der Waals surface area contributed by atoms with E-state index in [-0.39, 0.29) is 0 Å². The van der Waals surface area contributed by atoms with Gasteiger partial charge < -0.3 is 4.23 Å².